The van der Waals surface area contributed by atoms with E-state index in [1.165, 1.54) is 18.2 Å². The molecule has 0 aliphatic heterocycles. The lowest BCUT2D eigenvalue weighted by Gasteiger charge is -2.19. The lowest BCUT2D eigenvalue weighted by molar-refractivity contribution is 0.514. The fourth-order valence-electron chi connectivity index (χ4n) is 1.85. The molecule has 1 N–H and O–H groups in total. The summed E-state index contributed by atoms with van der Waals surface area (Å²) in [6.07, 6.45) is 6.23. The highest BCUT2D eigenvalue weighted by molar-refractivity contribution is 7.89. The van der Waals surface area contributed by atoms with Gasteiger partial charge in [0.25, 0.3) is 0 Å². The molecular formula is C12H14FNO2S. The first kappa shape index (κ1) is 12.3. The zero-order valence-electron chi connectivity index (χ0n) is 9.27. The van der Waals surface area contributed by atoms with Crippen molar-refractivity contribution in [2.75, 3.05) is 0 Å². The molecule has 92 valence electrons. The standard InChI is InChI=1S/C12H14FNO2S/c13-11-8-4-5-9-12(11)17(15,16)14-10-6-2-1-3-7-10/h1-2,4-5,8-10,14H,3,6-7H2. The third-order valence-electron chi connectivity index (χ3n) is 2.72. The van der Waals surface area contributed by atoms with Gasteiger partial charge in [-0.05, 0) is 31.4 Å². The molecule has 1 aliphatic carbocycles. The van der Waals surface area contributed by atoms with E-state index in [0.29, 0.717) is 6.42 Å². The Morgan fingerprint density at radius 2 is 2.00 bits per heavy atom. The van der Waals surface area contributed by atoms with Crippen LogP contribution in [0.5, 0.6) is 0 Å². The predicted molar refractivity (Wildman–Crippen MR) is 63.5 cm³/mol. The zero-order chi connectivity index (χ0) is 12.3. The van der Waals surface area contributed by atoms with Crippen LogP contribution >= 0.6 is 0 Å². The number of hydrogen-bond donors (Lipinski definition) is 1. The Labute approximate surface area is 100 Å². The van der Waals surface area contributed by atoms with Crippen molar-refractivity contribution in [3.05, 3.63) is 42.2 Å². The van der Waals surface area contributed by atoms with E-state index in [1.807, 2.05) is 12.2 Å². The molecule has 17 heavy (non-hydrogen) atoms. The van der Waals surface area contributed by atoms with Gasteiger partial charge in [-0.1, -0.05) is 24.3 Å². The Morgan fingerprint density at radius 1 is 1.24 bits per heavy atom. The van der Waals surface area contributed by atoms with Crippen LogP contribution < -0.4 is 4.72 Å². The minimum Gasteiger partial charge on any atom is -0.208 e. The minimum absolute atomic E-state index is 0.135. The SMILES string of the molecule is O=S(=O)(NC1CC=CCC1)c1ccccc1F. The summed E-state index contributed by atoms with van der Waals surface area (Å²) in [5.41, 5.74) is 0. The van der Waals surface area contributed by atoms with Gasteiger partial charge in [0.15, 0.2) is 0 Å². The van der Waals surface area contributed by atoms with Crippen molar-refractivity contribution in [1.29, 1.82) is 0 Å². The maximum atomic E-state index is 13.4. The van der Waals surface area contributed by atoms with Gasteiger partial charge >= 0.3 is 0 Å². The molecule has 1 atom stereocenters. The van der Waals surface area contributed by atoms with Crippen LogP contribution in [0.3, 0.4) is 0 Å². The second kappa shape index (κ2) is 4.98. The Hall–Kier alpha value is -1.20. The van der Waals surface area contributed by atoms with Crippen molar-refractivity contribution in [3.8, 4) is 0 Å². The first-order chi connectivity index (χ1) is 8.09. The number of hydrogen-bond acceptors (Lipinski definition) is 2. The topological polar surface area (TPSA) is 46.2 Å². The second-order valence-corrected chi connectivity index (χ2v) is 5.72. The molecule has 0 saturated heterocycles. The molecule has 3 nitrogen and oxygen atoms in total. The van der Waals surface area contributed by atoms with Crippen molar-refractivity contribution in [2.24, 2.45) is 0 Å². The van der Waals surface area contributed by atoms with E-state index in [-0.39, 0.29) is 10.9 Å². The summed E-state index contributed by atoms with van der Waals surface area (Å²) in [5.74, 6) is -0.716. The van der Waals surface area contributed by atoms with Gasteiger partial charge in [0.05, 0.1) is 0 Å². The molecule has 1 aliphatic rings. The number of benzene rings is 1. The van der Waals surface area contributed by atoms with E-state index >= 15 is 0 Å². The molecular weight excluding hydrogens is 241 g/mol. The van der Waals surface area contributed by atoms with E-state index in [0.717, 1.165) is 18.9 Å². The maximum Gasteiger partial charge on any atom is 0.243 e. The van der Waals surface area contributed by atoms with Crippen molar-refractivity contribution in [3.63, 3.8) is 0 Å². The molecule has 0 heterocycles. The fraction of sp³-hybridized carbons (Fsp3) is 0.333. The lowest BCUT2D eigenvalue weighted by atomic mass is 10.0. The molecule has 5 heteroatoms. The summed E-state index contributed by atoms with van der Waals surface area (Å²) in [7, 11) is -3.75. The van der Waals surface area contributed by atoms with Gasteiger partial charge in [-0.3, -0.25) is 0 Å². The number of sulfonamides is 1. The highest BCUT2D eigenvalue weighted by Gasteiger charge is 2.22. The molecule has 0 radical (unpaired) electrons. The highest BCUT2D eigenvalue weighted by Crippen LogP contribution is 2.17. The molecule has 0 aromatic heterocycles. The molecule has 1 aromatic rings. The zero-order valence-corrected chi connectivity index (χ0v) is 10.1. The van der Waals surface area contributed by atoms with Gasteiger partial charge in [-0.2, -0.15) is 0 Å². The van der Waals surface area contributed by atoms with Crippen molar-refractivity contribution < 1.29 is 12.8 Å². The summed E-state index contributed by atoms with van der Waals surface area (Å²) in [6.45, 7) is 0. The van der Waals surface area contributed by atoms with Crippen LogP contribution in [0.2, 0.25) is 0 Å². The minimum atomic E-state index is -3.75. The lowest BCUT2D eigenvalue weighted by Crippen LogP contribution is -2.35. The third kappa shape index (κ3) is 2.92. The van der Waals surface area contributed by atoms with Crippen LogP contribution in [-0.4, -0.2) is 14.5 Å². The van der Waals surface area contributed by atoms with Gasteiger partial charge in [0.2, 0.25) is 10.0 Å². The van der Waals surface area contributed by atoms with Gasteiger partial charge in [-0.15, -0.1) is 0 Å². The average molecular weight is 255 g/mol. The van der Waals surface area contributed by atoms with Crippen molar-refractivity contribution in [2.45, 2.75) is 30.2 Å². The Bertz CT molecular complexity index is 525. The summed E-state index contributed by atoms with van der Waals surface area (Å²) >= 11 is 0. The van der Waals surface area contributed by atoms with E-state index in [2.05, 4.69) is 4.72 Å². The molecule has 0 saturated carbocycles. The van der Waals surface area contributed by atoms with Gasteiger partial charge in [0, 0.05) is 6.04 Å². The van der Waals surface area contributed by atoms with Gasteiger partial charge in [0.1, 0.15) is 10.7 Å². The first-order valence-corrected chi connectivity index (χ1v) is 7.00. The summed E-state index contributed by atoms with van der Waals surface area (Å²) < 4.78 is 39.8. The van der Waals surface area contributed by atoms with Crippen LogP contribution in [0.4, 0.5) is 4.39 Å². The number of allylic oxidation sites excluding steroid dienone is 1. The van der Waals surface area contributed by atoms with Crippen molar-refractivity contribution >= 4 is 10.0 Å². The van der Waals surface area contributed by atoms with Crippen LogP contribution in [0.1, 0.15) is 19.3 Å². The van der Waals surface area contributed by atoms with Crippen molar-refractivity contribution in [1.82, 2.24) is 4.72 Å². The molecule has 1 aromatic carbocycles. The van der Waals surface area contributed by atoms with Gasteiger partial charge < -0.3 is 0 Å². The highest BCUT2D eigenvalue weighted by atomic mass is 32.2. The van der Waals surface area contributed by atoms with E-state index in [9.17, 15) is 12.8 Å². The third-order valence-corrected chi connectivity index (χ3v) is 4.27. The number of nitrogens with one attached hydrogen (secondary N) is 1. The van der Waals surface area contributed by atoms with Crippen LogP contribution in [0.15, 0.2) is 41.3 Å². The fourth-order valence-corrected chi connectivity index (χ4v) is 3.21. The second-order valence-electron chi connectivity index (χ2n) is 4.03. The van der Waals surface area contributed by atoms with E-state index in [1.54, 1.807) is 0 Å². The molecule has 0 fully saturated rings. The Balaban J connectivity index is 2.19. The smallest absolute Gasteiger partial charge is 0.208 e. The number of rotatable bonds is 3. The Kier molecular flexibility index (Phi) is 3.59. The average Bonchev–Trinajstić information content (AvgIpc) is 2.30. The van der Waals surface area contributed by atoms with Gasteiger partial charge in [-0.25, -0.2) is 17.5 Å². The van der Waals surface area contributed by atoms with Crippen LogP contribution in [-0.2, 0) is 10.0 Å². The molecule has 2 rings (SSSR count). The summed E-state index contributed by atoms with van der Waals surface area (Å²) in [6, 6.07) is 5.27. The summed E-state index contributed by atoms with van der Waals surface area (Å²) in [5, 5.41) is 0. The molecule has 0 spiro atoms. The summed E-state index contributed by atoms with van der Waals surface area (Å²) in [4.78, 5) is -0.283. The largest absolute Gasteiger partial charge is 0.243 e. The van der Waals surface area contributed by atoms with Crippen LogP contribution in [0.25, 0.3) is 0 Å². The normalized spacial score (nSPS) is 20.4. The van der Waals surface area contributed by atoms with Crippen LogP contribution in [0, 0.1) is 5.82 Å². The first-order valence-electron chi connectivity index (χ1n) is 5.51. The van der Waals surface area contributed by atoms with E-state index < -0.39 is 15.8 Å². The van der Waals surface area contributed by atoms with E-state index in [4.69, 9.17) is 0 Å². The monoisotopic (exact) mass is 255 g/mol. The maximum absolute atomic E-state index is 13.4. The predicted octanol–water partition coefficient (Wildman–Crippen LogP) is 2.21. The molecule has 0 amide bonds. The number of halogens is 1. The molecule has 1 unspecified atom stereocenters. The molecule has 0 bridgehead atoms. The quantitative estimate of drug-likeness (QED) is 0.842. The Morgan fingerprint density at radius 3 is 2.65 bits per heavy atom.